The molecular formula is C19H18INO5. The number of esters is 2. The van der Waals surface area contributed by atoms with E-state index in [4.69, 9.17) is 4.74 Å². The second kappa shape index (κ2) is 9.33. The Morgan fingerprint density at radius 2 is 1.65 bits per heavy atom. The quantitative estimate of drug-likeness (QED) is 0.522. The van der Waals surface area contributed by atoms with E-state index < -0.39 is 23.9 Å². The number of nitrogens with one attached hydrogen (secondary N) is 1. The number of methoxy groups -OCH3 is 2. The molecule has 1 atom stereocenters. The van der Waals surface area contributed by atoms with Gasteiger partial charge < -0.3 is 14.8 Å². The van der Waals surface area contributed by atoms with Gasteiger partial charge >= 0.3 is 11.9 Å². The van der Waals surface area contributed by atoms with E-state index in [0.717, 1.165) is 9.13 Å². The van der Waals surface area contributed by atoms with Gasteiger partial charge in [-0.15, -0.1) is 0 Å². The van der Waals surface area contributed by atoms with Crippen LogP contribution in [0.1, 0.15) is 26.3 Å². The predicted molar refractivity (Wildman–Crippen MR) is 104 cm³/mol. The molecule has 0 bridgehead atoms. The van der Waals surface area contributed by atoms with Gasteiger partial charge in [-0.05, 0) is 58.5 Å². The zero-order chi connectivity index (χ0) is 19.1. The number of hydrogen-bond acceptors (Lipinski definition) is 5. The van der Waals surface area contributed by atoms with E-state index in [9.17, 15) is 14.4 Å². The Bertz CT molecular complexity index is 804. The maximum absolute atomic E-state index is 12.5. The highest BCUT2D eigenvalue weighted by atomic mass is 127. The molecule has 0 heterocycles. The van der Waals surface area contributed by atoms with Gasteiger partial charge in [0.25, 0.3) is 5.91 Å². The lowest BCUT2D eigenvalue weighted by Crippen LogP contribution is -2.43. The molecule has 0 saturated carbocycles. The molecule has 7 heteroatoms. The third-order valence-electron chi connectivity index (χ3n) is 3.69. The van der Waals surface area contributed by atoms with Crippen molar-refractivity contribution in [3.05, 3.63) is 68.8 Å². The monoisotopic (exact) mass is 467 g/mol. The number of halogens is 1. The molecule has 2 aromatic carbocycles. The molecule has 0 saturated heterocycles. The molecule has 6 nitrogen and oxygen atoms in total. The Kier molecular flexibility index (Phi) is 7.14. The number of benzene rings is 2. The van der Waals surface area contributed by atoms with Crippen LogP contribution in [-0.4, -0.2) is 38.1 Å². The van der Waals surface area contributed by atoms with Gasteiger partial charge in [0.05, 0.1) is 19.8 Å². The fourth-order valence-corrected chi connectivity index (χ4v) is 2.70. The van der Waals surface area contributed by atoms with Gasteiger partial charge in [0, 0.05) is 15.6 Å². The van der Waals surface area contributed by atoms with Gasteiger partial charge in [-0.2, -0.15) is 0 Å². The van der Waals surface area contributed by atoms with Gasteiger partial charge in [0.15, 0.2) is 0 Å². The number of amides is 1. The highest BCUT2D eigenvalue weighted by Gasteiger charge is 2.23. The number of carbonyl (C=O) groups excluding carboxylic acids is 3. The second-order valence-corrected chi connectivity index (χ2v) is 6.70. The molecule has 0 aliphatic rings. The Morgan fingerprint density at radius 3 is 2.27 bits per heavy atom. The Labute approximate surface area is 165 Å². The minimum Gasteiger partial charge on any atom is -0.467 e. The standard InChI is InChI=1S/C19H18INO5/c1-25-18(23)14-5-3-4-13(11-14)17(22)21-16(19(24)26-2)10-12-6-8-15(20)9-7-12/h3-9,11,16H,10H2,1-2H3,(H,21,22)/t16-/m0/s1. The van der Waals surface area contributed by atoms with Gasteiger partial charge in [0.1, 0.15) is 6.04 Å². The SMILES string of the molecule is COC(=O)c1cccc(C(=O)N[C@@H](Cc2ccc(I)cc2)C(=O)OC)c1. The molecule has 1 amide bonds. The Balaban J connectivity index is 2.17. The third kappa shape index (κ3) is 5.29. The second-order valence-electron chi connectivity index (χ2n) is 5.45. The smallest absolute Gasteiger partial charge is 0.337 e. The van der Waals surface area contributed by atoms with E-state index in [1.54, 1.807) is 18.2 Å². The minimum atomic E-state index is -0.839. The van der Waals surface area contributed by atoms with E-state index >= 15 is 0 Å². The molecule has 0 aromatic heterocycles. The molecule has 2 rings (SSSR count). The summed E-state index contributed by atoms with van der Waals surface area (Å²) in [6, 6.07) is 12.9. The van der Waals surface area contributed by atoms with Gasteiger partial charge in [-0.25, -0.2) is 9.59 Å². The maximum Gasteiger partial charge on any atom is 0.337 e. The molecule has 0 aliphatic carbocycles. The largest absolute Gasteiger partial charge is 0.467 e. The van der Waals surface area contributed by atoms with Crippen molar-refractivity contribution in [2.24, 2.45) is 0 Å². The number of ether oxygens (including phenoxy) is 2. The maximum atomic E-state index is 12.5. The van der Waals surface area contributed by atoms with Gasteiger partial charge in [0.2, 0.25) is 0 Å². The van der Waals surface area contributed by atoms with Crippen molar-refractivity contribution < 1.29 is 23.9 Å². The number of hydrogen-bond donors (Lipinski definition) is 1. The van der Waals surface area contributed by atoms with Gasteiger partial charge in [-0.3, -0.25) is 4.79 Å². The van der Waals surface area contributed by atoms with E-state index in [2.05, 4.69) is 32.6 Å². The molecule has 0 unspecified atom stereocenters. The highest BCUT2D eigenvalue weighted by molar-refractivity contribution is 14.1. The van der Waals surface area contributed by atoms with Crippen LogP contribution in [0.5, 0.6) is 0 Å². The van der Waals surface area contributed by atoms with Crippen LogP contribution >= 0.6 is 22.6 Å². The van der Waals surface area contributed by atoms with Crippen molar-refractivity contribution in [3.8, 4) is 0 Å². The first kappa shape index (κ1) is 19.9. The average Bonchev–Trinajstić information content (AvgIpc) is 2.67. The first-order valence-electron chi connectivity index (χ1n) is 7.76. The molecular weight excluding hydrogens is 449 g/mol. The highest BCUT2D eigenvalue weighted by Crippen LogP contribution is 2.11. The van der Waals surface area contributed by atoms with Crippen LogP contribution in [-0.2, 0) is 20.7 Å². The summed E-state index contributed by atoms with van der Waals surface area (Å²) in [5.41, 5.74) is 1.40. The van der Waals surface area contributed by atoms with Crippen molar-refractivity contribution in [1.29, 1.82) is 0 Å². The van der Waals surface area contributed by atoms with Crippen LogP contribution in [0.15, 0.2) is 48.5 Å². The van der Waals surface area contributed by atoms with Crippen LogP contribution in [0, 0.1) is 3.57 Å². The summed E-state index contributed by atoms with van der Waals surface area (Å²) in [5, 5.41) is 2.66. The van der Waals surface area contributed by atoms with Crippen LogP contribution in [0.2, 0.25) is 0 Å². The Morgan fingerprint density at radius 1 is 1.00 bits per heavy atom. The zero-order valence-electron chi connectivity index (χ0n) is 14.3. The Hall–Kier alpha value is -2.42. The minimum absolute atomic E-state index is 0.254. The summed E-state index contributed by atoms with van der Waals surface area (Å²) >= 11 is 2.19. The first-order chi connectivity index (χ1) is 12.4. The molecule has 136 valence electrons. The van der Waals surface area contributed by atoms with Crippen molar-refractivity contribution in [1.82, 2.24) is 5.32 Å². The van der Waals surface area contributed by atoms with E-state index in [1.807, 2.05) is 24.3 Å². The number of carbonyl (C=O) groups is 3. The molecule has 0 aliphatic heterocycles. The summed E-state index contributed by atoms with van der Waals surface area (Å²) in [7, 11) is 2.54. The summed E-state index contributed by atoms with van der Waals surface area (Å²) in [4.78, 5) is 36.2. The first-order valence-corrected chi connectivity index (χ1v) is 8.84. The van der Waals surface area contributed by atoms with Crippen molar-refractivity contribution in [3.63, 3.8) is 0 Å². The van der Waals surface area contributed by atoms with Crippen LogP contribution in [0.25, 0.3) is 0 Å². The zero-order valence-corrected chi connectivity index (χ0v) is 16.5. The van der Waals surface area contributed by atoms with Crippen molar-refractivity contribution in [2.75, 3.05) is 14.2 Å². The summed E-state index contributed by atoms with van der Waals surface area (Å²) in [5.74, 6) is -1.55. The fourth-order valence-electron chi connectivity index (χ4n) is 2.34. The lowest BCUT2D eigenvalue weighted by atomic mass is 10.0. The lowest BCUT2D eigenvalue weighted by molar-refractivity contribution is -0.142. The lowest BCUT2D eigenvalue weighted by Gasteiger charge is -2.17. The summed E-state index contributed by atoms with van der Waals surface area (Å²) < 4.78 is 10.5. The molecule has 26 heavy (non-hydrogen) atoms. The number of rotatable bonds is 6. The van der Waals surface area contributed by atoms with E-state index in [1.165, 1.54) is 20.3 Å². The van der Waals surface area contributed by atoms with Crippen LogP contribution in [0.4, 0.5) is 0 Å². The van der Waals surface area contributed by atoms with E-state index in [-0.39, 0.29) is 11.1 Å². The summed E-state index contributed by atoms with van der Waals surface area (Å²) in [6.07, 6.45) is 0.298. The van der Waals surface area contributed by atoms with Crippen LogP contribution in [0.3, 0.4) is 0 Å². The predicted octanol–water partition coefficient (Wildman–Crippen LogP) is 2.59. The van der Waals surface area contributed by atoms with Crippen LogP contribution < -0.4 is 5.32 Å². The summed E-state index contributed by atoms with van der Waals surface area (Å²) in [6.45, 7) is 0. The third-order valence-corrected chi connectivity index (χ3v) is 4.41. The van der Waals surface area contributed by atoms with Crippen molar-refractivity contribution >= 4 is 40.4 Å². The van der Waals surface area contributed by atoms with Crippen molar-refractivity contribution in [2.45, 2.75) is 12.5 Å². The molecule has 0 radical (unpaired) electrons. The molecule has 0 fully saturated rings. The average molecular weight is 467 g/mol. The normalized spacial score (nSPS) is 11.3. The van der Waals surface area contributed by atoms with E-state index in [0.29, 0.717) is 6.42 Å². The topological polar surface area (TPSA) is 81.7 Å². The molecule has 0 spiro atoms. The molecule has 1 N–H and O–H groups in total. The molecule has 2 aromatic rings. The fraction of sp³-hybridized carbons (Fsp3) is 0.211. The van der Waals surface area contributed by atoms with Gasteiger partial charge in [-0.1, -0.05) is 18.2 Å².